The highest BCUT2D eigenvalue weighted by Gasteiger charge is 2.18. The topological polar surface area (TPSA) is 47.7 Å². The van der Waals surface area contributed by atoms with Crippen LogP contribution in [0.25, 0.3) is 21.5 Å². The minimum atomic E-state index is 0.546. The molecular formula is C12H8N2+2. The molecule has 0 saturated heterocycles. The van der Waals surface area contributed by atoms with Gasteiger partial charge in [-0.1, -0.05) is 0 Å². The second-order valence-electron chi connectivity index (χ2n) is 3.52. The molecular weight excluding hydrogens is 172 g/mol. The third kappa shape index (κ3) is 0.799. The van der Waals surface area contributed by atoms with Gasteiger partial charge >= 0.3 is 0 Å². The molecule has 0 bridgehead atoms. The van der Waals surface area contributed by atoms with E-state index in [-0.39, 0.29) is 0 Å². The minimum absolute atomic E-state index is 0.546. The Morgan fingerprint density at radius 3 is 1.57 bits per heavy atom. The zero-order chi connectivity index (χ0) is 9.71. The average Bonchev–Trinajstić information content (AvgIpc) is 2.16. The summed E-state index contributed by atoms with van der Waals surface area (Å²) in [7, 11) is 0. The Morgan fingerprint density at radius 1 is 0.714 bits per heavy atom. The van der Waals surface area contributed by atoms with Gasteiger partial charge in [0.1, 0.15) is 21.5 Å². The van der Waals surface area contributed by atoms with Gasteiger partial charge in [-0.15, -0.1) is 0 Å². The third-order valence-electron chi connectivity index (χ3n) is 2.62. The van der Waals surface area contributed by atoms with Crippen LogP contribution < -0.4 is 10.7 Å². The number of hydrogen-bond acceptors (Lipinski definition) is 2. The zero-order valence-electron chi connectivity index (χ0n) is 7.46. The first-order valence-electron chi connectivity index (χ1n) is 4.48. The molecule has 0 radical (unpaired) electrons. The van der Waals surface area contributed by atoms with E-state index in [0.29, 0.717) is 10.7 Å². The van der Waals surface area contributed by atoms with Crippen molar-refractivity contribution in [2.24, 2.45) is 0 Å². The van der Waals surface area contributed by atoms with Crippen LogP contribution >= 0.6 is 0 Å². The summed E-state index contributed by atoms with van der Waals surface area (Å²) in [5.41, 5.74) is 0. The van der Waals surface area contributed by atoms with Gasteiger partial charge in [0.2, 0.25) is 0 Å². The van der Waals surface area contributed by atoms with Crippen molar-refractivity contribution in [3.63, 3.8) is 0 Å². The number of nitrogens with one attached hydrogen (secondary N) is 2. The Morgan fingerprint density at radius 2 is 1.14 bits per heavy atom. The van der Waals surface area contributed by atoms with Crippen LogP contribution in [0.3, 0.4) is 0 Å². The van der Waals surface area contributed by atoms with Crippen LogP contribution in [0, 0.1) is 10.8 Å². The van der Waals surface area contributed by atoms with Crippen molar-refractivity contribution in [2.45, 2.75) is 0 Å². The van der Waals surface area contributed by atoms with Crippen LogP contribution in [0.5, 0.6) is 0 Å². The summed E-state index contributed by atoms with van der Waals surface area (Å²) in [4.78, 5) is 0. The Bertz CT molecular complexity index is 632. The van der Waals surface area contributed by atoms with Gasteiger partial charge in [0.25, 0.3) is 0 Å². The summed E-state index contributed by atoms with van der Waals surface area (Å²) in [6.07, 6.45) is 0. The minimum Gasteiger partial charge on any atom is -0.282 e. The van der Waals surface area contributed by atoms with Gasteiger partial charge in [-0.2, -0.15) is 0 Å². The molecule has 2 heteroatoms. The maximum atomic E-state index is 7.51. The molecule has 0 aliphatic carbocycles. The first kappa shape index (κ1) is 7.44. The fraction of sp³-hybridized carbons (Fsp3) is 0. The summed E-state index contributed by atoms with van der Waals surface area (Å²) in [6, 6.07) is 11.2. The highest BCUT2D eigenvalue weighted by Crippen LogP contribution is 2.32. The van der Waals surface area contributed by atoms with E-state index in [1.807, 2.05) is 24.3 Å². The summed E-state index contributed by atoms with van der Waals surface area (Å²) in [5, 5.41) is 20.8. The van der Waals surface area contributed by atoms with Gasteiger partial charge in [0.05, 0.1) is 22.9 Å². The van der Waals surface area contributed by atoms with Crippen molar-refractivity contribution >= 4 is 21.5 Å². The molecule has 0 aliphatic rings. The molecule has 2 nitrogen and oxygen atoms in total. The van der Waals surface area contributed by atoms with Crippen molar-refractivity contribution in [3.8, 4) is 0 Å². The van der Waals surface area contributed by atoms with Crippen LogP contribution in [-0.4, -0.2) is 0 Å². The first-order valence-corrected chi connectivity index (χ1v) is 4.48. The van der Waals surface area contributed by atoms with Crippen molar-refractivity contribution in [1.29, 1.82) is 10.8 Å². The summed E-state index contributed by atoms with van der Waals surface area (Å²) in [5.74, 6) is 0. The summed E-state index contributed by atoms with van der Waals surface area (Å²) in [6.45, 7) is 0. The highest BCUT2D eigenvalue weighted by atomic mass is 14.3. The molecule has 14 heavy (non-hydrogen) atoms. The van der Waals surface area contributed by atoms with E-state index in [4.69, 9.17) is 10.8 Å². The fourth-order valence-corrected chi connectivity index (χ4v) is 1.94. The third-order valence-corrected chi connectivity index (χ3v) is 2.62. The van der Waals surface area contributed by atoms with E-state index in [2.05, 4.69) is 0 Å². The maximum absolute atomic E-state index is 7.51. The van der Waals surface area contributed by atoms with Crippen LogP contribution in [-0.2, 0) is 0 Å². The van der Waals surface area contributed by atoms with Gasteiger partial charge in [-0.05, 0) is 0 Å². The van der Waals surface area contributed by atoms with Gasteiger partial charge in [0.15, 0.2) is 0 Å². The maximum Gasteiger partial charge on any atom is 0.139 e. The molecule has 0 heterocycles. The van der Waals surface area contributed by atoms with E-state index in [9.17, 15) is 0 Å². The van der Waals surface area contributed by atoms with E-state index in [0.717, 1.165) is 10.8 Å². The van der Waals surface area contributed by atoms with Crippen molar-refractivity contribution < 1.29 is 0 Å². The predicted molar refractivity (Wildman–Crippen MR) is 55.5 cm³/mol. The van der Waals surface area contributed by atoms with Crippen molar-refractivity contribution in [2.75, 3.05) is 0 Å². The van der Waals surface area contributed by atoms with E-state index < -0.39 is 0 Å². The quantitative estimate of drug-likeness (QED) is 0.496. The molecule has 3 rings (SSSR count). The Hall–Kier alpha value is -1.96. The second kappa shape index (κ2) is 2.29. The molecule has 0 saturated carbocycles. The molecule has 0 amide bonds. The largest absolute Gasteiger partial charge is 0.282 e. The molecule has 0 unspecified atom stereocenters. The number of hydrogen-bond donors (Lipinski definition) is 2. The summed E-state index contributed by atoms with van der Waals surface area (Å²) < 4.78 is 0. The van der Waals surface area contributed by atoms with E-state index in [1.165, 1.54) is 10.8 Å². The Labute approximate surface area is 80.1 Å². The zero-order valence-corrected chi connectivity index (χ0v) is 7.46. The fourth-order valence-electron chi connectivity index (χ4n) is 1.94. The van der Waals surface area contributed by atoms with Crippen LogP contribution in [0.2, 0.25) is 0 Å². The Kier molecular flexibility index (Phi) is 1.22. The van der Waals surface area contributed by atoms with Crippen LogP contribution in [0.15, 0.2) is 36.4 Å². The number of benzene rings is 2. The van der Waals surface area contributed by atoms with Gasteiger partial charge < -0.3 is 0 Å². The van der Waals surface area contributed by atoms with Crippen molar-refractivity contribution in [1.82, 2.24) is 0 Å². The molecule has 0 atom stereocenters. The van der Waals surface area contributed by atoms with E-state index in [1.54, 1.807) is 12.1 Å². The lowest BCUT2D eigenvalue weighted by Gasteiger charge is -1.99. The van der Waals surface area contributed by atoms with Gasteiger partial charge in [0, 0.05) is 24.3 Å². The first-order chi connectivity index (χ1) is 6.75. The summed E-state index contributed by atoms with van der Waals surface area (Å²) >= 11 is 0. The average molecular weight is 180 g/mol. The molecule has 0 aliphatic heterocycles. The van der Waals surface area contributed by atoms with E-state index >= 15 is 0 Å². The smallest absolute Gasteiger partial charge is 0.139 e. The van der Waals surface area contributed by atoms with Gasteiger partial charge in [-0.3, -0.25) is 10.8 Å². The molecule has 3 aromatic rings. The number of fused-ring (bicyclic) bond motifs is 4. The lowest BCUT2D eigenvalue weighted by atomic mass is 9.94. The lowest BCUT2D eigenvalue weighted by Crippen LogP contribution is -2.01. The SMILES string of the molecule is N=c1ccc2c([cH+]1)c1ccc(=N)[cH+]c21. The van der Waals surface area contributed by atoms with Crippen LogP contribution in [0.4, 0.5) is 0 Å². The molecule has 0 fully saturated rings. The van der Waals surface area contributed by atoms with Crippen molar-refractivity contribution in [3.05, 3.63) is 47.1 Å². The molecule has 64 valence electrons. The molecule has 3 aromatic carbocycles. The van der Waals surface area contributed by atoms with Gasteiger partial charge in [-0.25, -0.2) is 0 Å². The second-order valence-corrected chi connectivity index (χ2v) is 3.52. The number of rotatable bonds is 0. The normalized spacial score (nSPS) is 11.4. The monoisotopic (exact) mass is 180 g/mol. The highest BCUT2D eigenvalue weighted by molar-refractivity contribution is 6.24. The standard InChI is InChI=1S/C12H8N2/c13-7-1-3-9-11(5-7)10-4-2-8(14)6-12(9)10/h1-6,13-14H/q+2. The lowest BCUT2D eigenvalue weighted by molar-refractivity contribution is 1.28. The van der Waals surface area contributed by atoms with Crippen LogP contribution in [0.1, 0.15) is 0 Å². The Balaban J connectivity index is 2.58. The molecule has 0 aromatic heterocycles. The molecule has 2 N–H and O–H groups in total. The predicted octanol–water partition coefficient (Wildman–Crippen LogP) is 1.83. The molecule has 0 spiro atoms.